The first-order valence-electron chi connectivity index (χ1n) is 5.43. The zero-order chi connectivity index (χ0) is 10.9. The SMILES string of the molecule is Cc1cccnc1NC1(C)CCOC1C. The van der Waals surface area contributed by atoms with Crippen molar-refractivity contribution in [2.75, 3.05) is 11.9 Å². The highest BCUT2D eigenvalue weighted by Gasteiger charge is 2.37. The maximum atomic E-state index is 5.59. The highest BCUT2D eigenvalue weighted by Crippen LogP contribution is 2.29. The molecule has 1 aromatic rings. The maximum Gasteiger partial charge on any atom is 0.129 e. The van der Waals surface area contributed by atoms with Crippen molar-refractivity contribution in [3.05, 3.63) is 23.9 Å². The van der Waals surface area contributed by atoms with Crippen molar-refractivity contribution in [1.82, 2.24) is 4.98 Å². The van der Waals surface area contributed by atoms with Gasteiger partial charge in [-0.15, -0.1) is 0 Å². The summed E-state index contributed by atoms with van der Waals surface area (Å²) in [4.78, 5) is 4.35. The van der Waals surface area contributed by atoms with Crippen molar-refractivity contribution in [1.29, 1.82) is 0 Å². The number of aryl methyl sites for hydroxylation is 1. The number of ether oxygens (including phenoxy) is 1. The molecule has 0 aliphatic carbocycles. The fraction of sp³-hybridized carbons (Fsp3) is 0.583. The molecule has 2 heterocycles. The Bertz CT molecular complexity index is 353. The van der Waals surface area contributed by atoms with Crippen LogP contribution >= 0.6 is 0 Å². The molecule has 1 aliphatic heterocycles. The van der Waals surface area contributed by atoms with Gasteiger partial charge in [0.1, 0.15) is 5.82 Å². The molecule has 2 unspecified atom stereocenters. The first kappa shape index (κ1) is 10.4. The Morgan fingerprint density at radius 1 is 1.60 bits per heavy atom. The van der Waals surface area contributed by atoms with E-state index >= 15 is 0 Å². The minimum absolute atomic E-state index is 0.0130. The zero-order valence-corrected chi connectivity index (χ0v) is 9.58. The highest BCUT2D eigenvalue weighted by molar-refractivity contribution is 5.45. The summed E-state index contributed by atoms with van der Waals surface area (Å²) in [6.07, 6.45) is 3.09. The third-order valence-electron chi connectivity index (χ3n) is 3.30. The van der Waals surface area contributed by atoms with Crippen LogP contribution in [-0.2, 0) is 4.74 Å². The van der Waals surface area contributed by atoms with Gasteiger partial charge in [0.05, 0.1) is 11.6 Å². The zero-order valence-electron chi connectivity index (χ0n) is 9.58. The summed E-state index contributed by atoms with van der Waals surface area (Å²) in [6.45, 7) is 7.20. The smallest absolute Gasteiger partial charge is 0.129 e. The first-order chi connectivity index (χ1) is 7.12. The van der Waals surface area contributed by atoms with Crippen molar-refractivity contribution < 1.29 is 4.74 Å². The summed E-state index contributed by atoms with van der Waals surface area (Å²) in [5.41, 5.74) is 1.19. The number of pyridine rings is 1. The highest BCUT2D eigenvalue weighted by atomic mass is 16.5. The molecule has 1 aliphatic rings. The number of nitrogens with zero attached hydrogens (tertiary/aromatic N) is 1. The third kappa shape index (κ3) is 1.97. The summed E-state index contributed by atoms with van der Waals surface area (Å²) in [5, 5.41) is 3.50. The first-order valence-corrected chi connectivity index (χ1v) is 5.43. The number of nitrogens with one attached hydrogen (secondary N) is 1. The van der Waals surface area contributed by atoms with Crippen LogP contribution in [0.4, 0.5) is 5.82 Å². The fourth-order valence-electron chi connectivity index (χ4n) is 1.89. The topological polar surface area (TPSA) is 34.2 Å². The van der Waals surface area contributed by atoms with E-state index in [0.29, 0.717) is 0 Å². The van der Waals surface area contributed by atoms with Gasteiger partial charge < -0.3 is 10.1 Å². The molecule has 15 heavy (non-hydrogen) atoms. The lowest BCUT2D eigenvalue weighted by Gasteiger charge is -2.30. The molecule has 1 N–H and O–H groups in total. The average molecular weight is 206 g/mol. The van der Waals surface area contributed by atoms with Gasteiger partial charge in [0, 0.05) is 12.8 Å². The number of anilines is 1. The average Bonchev–Trinajstić information content (AvgIpc) is 2.51. The Morgan fingerprint density at radius 2 is 2.40 bits per heavy atom. The Labute approximate surface area is 90.9 Å². The van der Waals surface area contributed by atoms with Crippen LogP contribution in [0.25, 0.3) is 0 Å². The van der Waals surface area contributed by atoms with E-state index in [0.717, 1.165) is 18.8 Å². The minimum Gasteiger partial charge on any atom is -0.376 e. The monoisotopic (exact) mass is 206 g/mol. The third-order valence-corrected chi connectivity index (χ3v) is 3.30. The van der Waals surface area contributed by atoms with Gasteiger partial charge in [-0.2, -0.15) is 0 Å². The molecule has 0 bridgehead atoms. The minimum atomic E-state index is 0.0130. The molecule has 0 amide bonds. The molecule has 0 radical (unpaired) electrons. The van der Waals surface area contributed by atoms with E-state index < -0.39 is 0 Å². The molecule has 0 aromatic carbocycles. The van der Waals surface area contributed by atoms with Crippen molar-refractivity contribution in [2.24, 2.45) is 0 Å². The van der Waals surface area contributed by atoms with Gasteiger partial charge in [-0.05, 0) is 38.8 Å². The van der Waals surface area contributed by atoms with Crippen LogP contribution in [0.1, 0.15) is 25.8 Å². The van der Waals surface area contributed by atoms with Crippen molar-refractivity contribution in [3.63, 3.8) is 0 Å². The Balaban J connectivity index is 2.18. The van der Waals surface area contributed by atoms with E-state index in [2.05, 4.69) is 37.1 Å². The molecule has 1 fully saturated rings. The van der Waals surface area contributed by atoms with E-state index in [9.17, 15) is 0 Å². The molecule has 3 heteroatoms. The summed E-state index contributed by atoms with van der Waals surface area (Å²) >= 11 is 0. The van der Waals surface area contributed by atoms with Gasteiger partial charge in [0.25, 0.3) is 0 Å². The summed E-state index contributed by atoms with van der Waals surface area (Å²) in [6, 6.07) is 4.02. The van der Waals surface area contributed by atoms with E-state index in [1.807, 2.05) is 12.3 Å². The van der Waals surface area contributed by atoms with Gasteiger partial charge in [-0.25, -0.2) is 4.98 Å². The van der Waals surface area contributed by atoms with Crippen LogP contribution in [0.3, 0.4) is 0 Å². The van der Waals surface area contributed by atoms with E-state index in [1.54, 1.807) is 0 Å². The van der Waals surface area contributed by atoms with Crippen LogP contribution < -0.4 is 5.32 Å². The molecule has 0 spiro atoms. The molecule has 2 rings (SSSR count). The van der Waals surface area contributed by atoms with Gasteiger partial charge in [0.15, 0.2) is 0 Å². The molecular weight excluding hydrogens is 188 g/mol. The summed E-state index contributed by atoms with van der Waals surface area (Å²) in [7, 11) is 0. The molecule has 1 saturated heterocycles. The normalized spacial score (nSPS) is 30.5. The second kappa shape index (κ2) is 3.81. The van der Waals surface area contributed by atoms with Crippen LogP contribution in [0.5, 0.6) is 0 Å². The lowest BCUT2D eigenvalue weighted by Crippen LogP contribution is -2.41. The lowest BCUT2D eigenvalue weighted by molar-refractivity contribution is 0.105. The summed E-state index contributed by atoms with van der Waals surface area (Å²) in [5.74, 6) is 0.970. The van der Waals surface area contributed by atoms with Crippen LogP contribution in [-0.4, -0.2) is 23.2 Å². The van der Waals surface area contributed by atoms with Gasteiger partial charge in [-0.1, -0.05) is 6.07 Å². The Morgan fingerprint density at radius 3 is 3.00 bits per heavy atom. The second-order valence-electron chi connectivity index (χ2n) is 4.47. The van der Waals surface area contributed by atoms with Crippen molar-refractivity contribution in [2.45, 2.75) is 38.8 Å². The quantitative estimate of drug-likeness (QED) is 0.806. The van der Waals surface area contributed by atoms with Crippen LogP contribution in [0.2, 0.25) is 0 Å². The number of hydrogen-bond acceptors (Lipinski definition) is 3. The molecule has 3 nitrogen and oxygen atoms in total. The number of rotatable bonds is 2. The predicted molar refractivity (Wildman–Crippen MR) is 61.0 cm³/mol. The van der Waals surface area contributed by atoms with Crippen LogP contribution in [0.15, 0.2) is 18.3 Å². The summed E-state index contributed by atoms with van der Waals surface area (Å²) < 4.78 is 5.59. The van der Waals surface area contributed by atoms with Gasteiger partial charge in [0.2, 0.25) is 0 Å². The largest absolute Gasteiger partial charge is 0.376 e. The molecule has 2 atom stereocenters. The van der Waals surface area contributed by atoms with Gasteiger partial charge in [-0.3, -0.25) is 0 Å². The maximum absolute atomic E-state index is 5.59. The lowest BCUT2D eigenvalue weighted by atomic mass is 9.94. The van der Waals surface area contributed by atoms with Gasteiger partial charge >= 0.3 is 0 Å². The van der Waals surface area contributed by atoms with Crippen molar-refractivity contribution >= 4 is 5.82 Å². The fourth-order valence-corrected chi connectivity index (χ4v) is 1.89. The molecule has 82 valence electrons. The number of hydrogen-bond donors (Lipinski definition) is 1. The predicted octanol–water partition coefficient (Wildman–Crippen LogP) is 2.37. The van der Waals surface area contributed by atoms with E-state index in [-0.39, 0.29) is 11.6 Å². The standard InChI is InChI=1S/C12H18N2O/c1-9-5-4-7-13-11(9)14-12(3)6-8-15-10(12)2/h4-5,7,10H,6,8H2,1-3H3,(H,13,14). The Kier molecular flexibility index (Phi) is 2.65. The number of aromatic nitrogens is 1. The molecule has 0 saturated carbocycles. The van der Waals surface area contributed by atoms with Crippen molar-refractivity contribution in [3.8, 4) is 0 Å². The van der Waals surface area contributed by atoms with Crippen LogP contribution in [0, 0.1) is 6.92 Å². The van der Waals surface area contributed by atoms with E-state index in [1.165, 1.54) is 5.56 Å². The molecule has 1 aromatic heterocycles. The Hall–Kier alpha value is -1.09. The second-order valence-corrected chi connectivity index (χ2v) is 4.47. The molecular formula is C12H18N2O. The van der Waals surface area contributed by atoms with E-state index in [4.69, 9.17) is 4.74 Å².